The Balaban J connectivity index is 2.32. The van der Waals surface area contributed by atoms with Gasteiger partial charge in [0.05, 0.1) is 11.4 Å². The first-order valence-electron chi connectivity index (χ1n) is 6.53. The molecule has 22 heavy (non-hydrogen) atoms. The van der Waals surface area contributed by atoms with Crippen molar-refractivity contribution in [2.24, 2.45) is 10.2 Å². The summed E-state index contributed by atoms with van der Waals surface area (Å²) in [7, 11) is 0. The van der Waals surface area contributed by atoms with Gasteiger partial charge in [0.2, 0.25) is 0 Å². The molecule has 2 rings (SSSR count). The molecule has 0 saturated carbocycles. The van der Waals surface area contributed by atoms with E-state index < -0.39 is 0 Å². The van der Waals surface area contributed by atoms with Crippen molar-refractivity contribution in [2.75, 3.05) is 10.9 Å². The van der Waals surface area contributed by atoms with Crippen molar-refractivity contribution in [3.63, 3.8) is 0 Å². The highest BCUT2D eigenvalue weighted by molar-refractivity contribution is 5.71. The summed E-state index contributed by atoms with van der Waals surface area (Å²) in [5.74, 6) is 0. The highest BCUT2D eigenvalue weighted by Crippen LogP contribution is 2.28. The van der Waals surface area contributed by atoms with Crippen molar-refractivity contribution in [2.45, 2.75) is 13.8 Å². The molecule has 0 amide bonds. The Hall–Kier alpha value is -3.20. The number of hydrazone groups is 2. The normalized spacial score (nSPS) is 9.36. The zero-order valence-electron chi connectivity index (χ0n) is 12.2. The van der Waals surface area contributed by atoms with Gasteiger partial charge in [0, 0.05) is 0 Å². The van der Waals surface area contributed by atoms with E-state index in [1.54, 1.807) is 0 Å². The zero-order chi connectivity index (χ0) is 15.9. The van der Waals surface area contributed by atoms with Gasteiger partial charge in [0.25, 0.3) is 12.2 Å². The van der Waals surface area contributed by atoms with E-state index in [9.17, 15) is 9.59 Å². The first-order valence-corrected chi connectivity index (χ1v) is 6.53. The van der Waals surface area contributed by atoms with Gasteiger partial charge < -0.3 is 0 Å². The second kappa shape index (κ2) is 6.99. The van der Waals surface area contributed by atoms with Crippen LogP contribution in [0.3, 0.4) is 0 Å². The molecule has 0 saturated heterocycles. The smallest absolute Gasteiger partial charge is 0.258 e. The lowest BCUT2D eigenvalue weighted by Gasteiger charge is -2.10. The van der Waals surface area contributed by atoms with Crippen LogP contribution in [0.15, 0.2) is 46.6 Å². The number of anilines is 2. The lowest BCUT2D eigenvalue weighted by molar-refractivity contribution is 0.563. The van der Waals surface area contributed by atoms with Gasteiger partial charge in [-0.2, -0.15) is 0 Å². The average Bonchev–Trinajstić information content (AvgIpc) is 2.52. The predicted octanol–water partition coefficient (Wildman–Crippen LogP) is 3.30. The molecular formula is C16H14N4O2. The maximum atomic E-state index is 10.1. The Morgan fingerprint density at radius 3 is 1.50 bits per heavy atom. The summed E-state index contributed by atoms with van der Waals surface area (Å²) >= 11 is 0. The van der Waals surface area contributed by atoms with Gasteiger partial charge in [-0.3, -0.25) is 10.9 Å². The number of hydrogen-bond acceptors (Lipinski definition) is 6. The van der Waals surface area contributed by atoms with Crippen molar-refractivity contribution in [3.05, 3.63) is 47.5 Å². The quantitative estimate of drug-likeness (QED) is 0.503. The second-order valence-corrected chi connectivity index (χ2v) is 4.69. The van der Waals surface area contributed by atoms with Crippen LogP contribution in [-0.4, -0.2) is 12.2 Å². The number of aryl methyl sites for hydroxylation is 2. The molecule has 0 radical (unpaired) electrons. The van der Waals surface area contributed by atoms with Gasteiger partial charge in [-0.25, -0.2) is 9.59 Å². The molecule has 0 aromatic heterocycles. The molecule has 0 heterocycles. The molecule has 0 atom stereocenters. The lowest BCUT2D eigenvalue weighted by Crippen LogP contribution is -1.93. The van der Waals surface area contributed by atoms with Crippen LogP contribution in [0.5, 0.6) is 0 Å². The number of rotatable bonds is 5. The van der Waals surface area contributed by atoms with E-state index in [-0.39, 0.29) is 0 Å². The molecule has 2 aromatic carbocycles. The fraction of sp³-hybridized carbons (Fsp3) is 0.125. The molecule has 6 nitrogen and oxygen atoms in total. The first kappa shape index (κ1) is 15.2. The van der Waals surface area contributed by atoms with E-state index in [2.05, 4.69) is 21.1 Å². The zero-order valence-corrected chi connectivity index (χ0v) is 12.2. The highest BCUT2D eigenvalue weighted by atomic mass is 16.1. The number of benzene rings is 2. The van der Waals surface area contributed by atoms with E-state index in [0.29, 0.717) is 0 Å². The monoisotopic (exact) mass is 294 g/mol. The number of nitrogens with one attached hydrogen (secondary N) is 2. The number of hydrogen-bond donors (Lipinski definition) is 2. The summed E-state index contributed by atoms with van der Waals surface area (Å²) in [6, 6.07) is 11.6. The standard InChI is InChI=1S/C16H14N4O2/c1-11-7-13(3-5-15(11)19-17-9-21)14-4-6-16(12(2)8-14)20-18-10-22/h3-8,19-20H,1-2H3. The largest absolute Gasteiger partial charge is 0.267 e. The third kappa shape index (κ3) is 3.46. The van der Waals surface area contributed by atoms with Crippen molar-refractivity contribution < 1.29 is 9.59 Å². The molecule has 0 bridgehead atoms. The summed E-state index contributed by atoms with van der Waals surface area (Å²) in [6.45, 7) is 3.85. The van der Waals surface area contributed by atoms with Crippen LogP contribution < -0.4 is 10.9 Å². The van der Waals surface area contributed by atoms with Gasteiger partial charge in [-0.1, -0.05) is 22.3 Å². The number of carbonyl (C=O) groups excluding carboxylic acids is 2. The summed E-state index contributed by atoms with van der Waals surface area (Å²) in [4.78, 5) is 20.3. The fourth-order valence-electron chi connectivity index (χ4n) is 2.10. The van der Waals surface area contributed by atoms with E-state index in [4.69, 9.17) is 0 Å². The van der Waals surface area contributed by atoms with Crippen LogP contribution in [0.4, 0.5) is 11.4 Å². The average molecular weight is 294 g/mol. The summed E-state index contributed by atoms with van der Waals surface area (Å²) < 4.78 is 0. The van der Waals surface area contributed by atoms with Gasteiger partial charge in [0.1, 0.15) is 0 Å². The second-order valence-electron chi connectivity index (χ2n) is 4.69. The van der Waals surface area contributed by atoms with Crippen LogP contribution >= 0.6 is 0 Å². The third-order valence-corrected chi connectivity index (χ3v) is 3.23. The molecule has 2 N–H and O–H groups in total. The summed E-state index contributed by atoms with van der Waals surface area (Å²) in [5.41, 5.74) is 10.7. The van der Waals surface area contributed by atoms with Crippen molar-refractivity contribution in [3.8, 4) is 11.1 Å². The van der Waals surface area contributed by atoms with Gasteiger partial charge in [0.15, 0.2) is 0 Å². The maximum Gasteiger partial charge on any atom is 0.258 e. The summed E-state index contributed by atoms with van der Waals surface area (Å²) in [6.07, 6.45) is 2.88. The van der Waals surface area contributed by atoms with Crippen LogP contribution in [0.1, 0.15) is 11.1 Å². The predicted molar refractivity (Wildman–Crippen MR) is 84.8 cm³/mol. The Labute approximate surface area is 127 Å². The van der Waals surface area contributed by atoms with Gasteiger partial charge in [-0.15, -0.1) is 0 Å². The lowest BCUT2D eigenvalue weighted by atomic mass is 10.00. The molecular weight excluding hydrogens is 280 g/mol. The molecule has 0 aliphatic heterocycles. The molecule has 6 heteroatoms. The molecule has 0 unspecified atom stereocenters. The number of isocyanates is 2. The van der Waals surface area contributed by atoms with Gasteiger partial charge in [-0.05, 0) is 60.4 Å². The Morgan fingerprint density at radius 1 is 0.773 bits per heavy atom. The highest BCUT2D eigenvalue weighted by Gasteiger charge is 2.04. The minimum absolute atomic E-state index is 0.752. The molecule has 110 valence electrons. The van der Waals surface area contributed by atoms with Crippen LogP contribution in [0.25, 0.3) is 11.1 Å². The first-order chi connectivity index (χ1) is 10.7. The Kier molecular flexibility index (Phi) is 4.83. The van der Waals surface area contributed by atoms with E-state index >= 15 is 0 Å². The Bertz CT molecular complexity index is 721. The molecule has 0 aliphatic rings. The van der Waals surface area contributed by atoms with Crippen LogP contribution in [-0.2, 0) is 9.59 Å². The number of nitrogens with zero attached hydrogens (tertiary/aromatic N) is 2. The van der Waals surface area contributed by atoms with E-state index in [0.717, 1.165) is 33.6 Å². The fourth-order valence-corrected chi connectivity index (χ4v) is 2.10. The SMILES string of the molecule is Cc1cc(-c2ccc(NN=C=O)c(C)c2)ccc1NN=C=O. The molecule has 0 fully saturated rings. The van der Waals surface area contributed by atoms with Crippen molar-refractivity contribution in [1.29, 1.82) is 0 Å². The Morgan fingerprint density at radius 2 is 1.18 bits per heavy atom. The third-order valence-electron chi connectivity index (χ3n) is 3.23. The molecule has 2 aromatic rings. The van der Waals surface area contributed by atoms with E-state index in [1.165, 1.54) is 12.2 Å². The van der Waals surface area contributed by atoms with Crippen molar-refractivity contribution >= 4 is 23.5 Å². The minimum Gasteiger partial charge on any atom is -0.267 e. The minimum atomic E-state index is 0.752. The van der Waals surface area contributed by atoms with Crippen LogP contribution in [0.2, 0.25) is 0 Å². The molecule has 0 spiro atoms. The molecule has 0 aliphatic carbocycles. The topological polar surface area (TPSA) is 82.9 Å². The van der Waals surface area contributed by atoms with Crippen molar-refractivity contribution in [1.82, 2.24) is 0 Å². The van der Waals surface area contributed by atoms with Crippen LogP contribution in [0, 0.1) is 13.8 Å². The summed E-state index contributed by atoms with van der Waals surface area (Å²) in [5, 5.41) is 6.71. The van der Waals surface area contributed by atoms with Gasteiger partial charge >= 0.3 is 0 Å². The maximum absolute atomic E-state index is 10.1. The van der Waals surface area contributed by atoms with E-state index in [1.807, 2.05) is 50.2 Å².